The van der Waals surface area contributed by atoms with Gasteiger partial charge in [-0.1, -0.05) is 26.0 Å². The van der Waals surface area contributed by atoms with Crippen molar-refractivity contribution >= 4 is 21.4 Å². The number of benzene rings is 2. The number of amides is 1. The number of aryl methyl sites for hydroxylation is 2. The maximum Gasteiger partial charge on any atom is 0.270 e. The lowest BCUT2D eigenvalue weighted by atomic mass is 10.0. The zero-order valence-corrected chi connectivity index (χ0v) is 21.6. The average molecular weight is 511 g/mol. The Kier molecular flexibility index (Phi) is 7.21. The molecule has 1 aliphatic rings. The monoisotopic (exact) mass is 510 g/mol. The van der Waals surface area contributed by atoms with E-state index in [1.807, 2.05) is 0 Å². The first-order valence-electron chi connectivity index (χ1n) is 11.8. The fourth-order valence-corrected chi connectivity index (χ4v) is 5.84. The average Bonchev–Trinajstić information content (AvgIpc) is 2.81. The lowest BCUT2D eigenvalue weighted by Gasteiger charge is -2.19. The Morgan fingerprint density at radius 1 is 1.00 bits per heavy atom. The van der Waals surface area contributed by atoms with Crippen LogP contribution in [-0.2, 0) is 27.6 Å². The number of carbonyl (C=O) groups excluding carboxylic acids is 1. The minimum absolute atomic E-state index is 0.0475. The van der Waals surface area contributed by atoms with E-state index >= 15 is 0 Å². The van der Waals surface area contributed by atoms with Crippen molar-refractivity contribution < 1.29 is 22.7 Å². The van der Waals surface area contributed by atoms with Gasteiger partial charge in [0, 0.05) is 17.4 Å². The van der Waals surface area contributed by atoms with Gasteiger partial charge in [0.2, 0.25) is 15.7 Å². The van der Waals surface area contributed by atoms with Gasteiger partial charge in [-0.15, -0.1) is 0 Å². The Balaban J connectivity index is 1.61. The molecule has 36 heavy (non-hydrogen) atoms. The van der Waals surface area contributed by atoms with Crippen molar-refractivity contribution in [2.45, 2.75) is 50.5 Å². The molecular weight excluding hydrogens is 480 g/mol. The Bertz CT molecular complexity index is 1460. The zero-order valence-electron chi connectivity index (χ0n) is 20.8. The summed E-state index contributed by atoms with van der Waals surface area (Å²) in [6.07, 6.45) is 0.829. The predicted molar refractivity (Wildman–Crippen MR) is 137 cm³/mol. The summed E-state index contributed by atoms with van der Waals surface area (Å²) in [7, 11) is -4.09. The van der Waals surface area contributed by atoms with Gasteiger partial charge in [-0.25, -0.2) is 8.42 Å². The van der Waals surface area contributed by atoms with Crippen LogP contribution in [0.5, 0.6) is 11.5 Å². The predicted octanol–water partition coefficient (Wildman–Crippen LogP) is 3.91. The van der Waals surface area contributed by atoms with E-state index in [9.17, 15) is 18.0 Å². The molecule has 9 heteroatoms. The molecule has 1 aliphatic heterocycles. The maximum atomic E-state index is 13.4. The van der Waals surface area contributed by atoms with Gasteiger partial charge in [0.1, 0.15) is 24.7 Å². The van der Waals surface area contributed by atoms with Crippen molar-refractivity contribution in [1.82, 2.24) is 4.57 Å². The van der Waals surface area contributed by atoms with Crippen LogP contribution in [-0.4, -0.2) is 32.1 Å². The summed E-state index contributed by atoms with van der Waals surface area (Å²) in [6.45, 7) is 7.98. The van der Waals surface area contributed by atoms with E-state index < -0.39 is 21.3 Å². The molecule has 2 heterocycles. The summed E-state index contributed by atoms with van der Waals surface area (Å²) in [5, 5.41) is 2.74. The number of fused-ring (bicyclic) bond motifs is 1. The summed E-state index contributed by atoms with van der Waals surface area (Å²) in [4.78, 5) is 25.9. The molecular formula is C27H30N2O6S. The maximum absolute atomic E-state index is 13.4. The first-order chi connectivity index (χ1) is 17.1. The van der Waals surface area contributed by atoms with Crippen molar-refractivity contribution in [1.29, 1.82) is 0 Å². The SMILES string of the molecule is Cc1cc(C)n(CC(=O)Nc2ccc3c(c2)OCCO3)c(=O)c1S(=O)(=O)c1ccc(CC(C)C)cc1. The second-order valence-corrected chi connectivity index (χ2v) is 11.2. The molecule has 0 saturated carbocycles. The third-order valence-electron chi connectivity index (χ3n) is 5.92. The van der Waals surface area contributed by atoms with Crippen molar-refractivity contribution in [2.24, 2.45) is 5.92 Å². The minimum atomic E-state index is -4.09. The highest BCUT2D eigenvalue weighted by Gasteiger charge is 2.26. The Hall–Kier alpha value is -3.59. The van der Waals surface area contributed by atoms with Crippen LogP contribution >= 0.6 is 0 Å². The highest BCUT2D eigenvalue weighted by Crippen LogP contribution is 2.32. The summed E-state index contributed by atoms with van der Waals surface area (Å²) in [5.74, 6) is 1.09. The normalized spacial score (nSPS) is 13.0. The van der Waals surface area contributed by atoms with Crippen molar-refractivity contribution in [3.8, 4) is 11.5 Å². The quantitative estimate of drug-likeness (QED) is 0.517. The van der Waals surface area contributed by atoms with Crippen molar-refractivity contribution in [2.75, 3.05) is 18.5 Å². The third kappa shape index (κ3) is 5.31. The van der Waals surface area contributed by atoms with Crippen LogP contribution in [0.4, 0.5) is 5.69 Å². The van der Waals surface area contributed by atoms with E-state index in [-0.39, 0.29) is 16.3 Å². The molecule has 3 aromatic rings. The van der Waals surface area contributed by atoms with Crippen LogP contribution in [0.15, 0.2) is 63.1 Å². The Labute approximate surface area is 210 Å². The number of nitrogens with zero attached hydrogens (tertiary/aromatic N) is 1. The van der Waals surface area contributed by atoms with Gasteiger partial charge >= 0.3 is 0 Å². The van der Waals surface area contributed by atoms with Gasteiger partial charge in [0.25, 0.3) is 5.56 Å². The van der Waals surface area contributed by atoms with Crippen molar-refractivity contribution in [3.63, 3.8) is 0 Å². The number of rotatable bonds is 7. The number of anilines is 1. The van der Waals surface area contributed by atoms with Crippen LogP contribution in [0.1, 0.15) is 30.7 Å². The van der Waals surface area contributed by atoms with E-state index in [0.29, 0.717) is 47.6 Å². The molecule has 0 radical (unpaired) electrons. The standard InChI is InChI=1S/C27H30N2O6S/c1-17(2)13-20-5-8-22(9-6-20)36(32,33)26-18(3)14-19(4)29(27(26)31)16-25(30)28-21-7-10-23-24(15-21)35-12-11-34-23/h5-10,14-15,17H,11-13,16H2,1-4H3,(H,28,30). The van der Waals surface area contributed by atoms with E-state index in [4.69, 9.17) is 9.47 Å². The minimum Gasteiger partial charge on any atom is -0.486 e. The number of hydrogen-bond acceptors (Lipinski definition) is 6. The van der Waals surface area contributed by atoms with Crippen LogP contribution in [0.3, 0.4) is 0 Å². The molecule has 4 rings (SSSR count). The van der Waals surface area contributed by atoms with Crippen LogP contribution in [0.25, 0.3) is 0 Å². The molecule has 0 spiro atoms. The third-order valence-corrected chi connectivity index (χ3v) is 7.85. The highest BCUT2D eigenvalue weighted by atomic mass is 32.2. The van der Waals surface area contributed by atoms with E-state index in [2.05, 4.69) is 19.2 Å². The van der Waals surface area contributed by atoms with Gasteiger partial charge in [0.05, 0.1) is 4.90 Å². The number of aromatic nitrogens is 1. The van der Waals surface area contributed by atoms with Gasteiger partial charge in [-0.05, 0) is 67.6 Å². The number of carbonyl (C=O) groups is 1. The molecule has 1 aromatic heterocycles. The molecule has 0 fully saturated rings. The van der Waals surface area contributed by atoms with Crippen LogP contribution in [0.2, 0.25) is 0 Å². The number of nitrogens with one attached hydrogen (secondary N) is 1. The van der Waals surface area contributed by atoms with Crippen LogP contribution in [0, 0.1) is 19.8 Å². The fourth-order valence-electron chi connectivity index (χ4n) is 4.29. The summed E-state index contributed by atoms with van der Waals surface area (Å²) >= 11 is 0. The van der Waals surface area contributed by atoms with Gasteiger partial charge < -0.3 is 19.4 Å². The molecule has 2 aromatic carbocycles. The first-order valence-corrected chi connectivity index (χ1v) is 13.3. The van der Waals surface area contributed by atoms with E-state index in [1.54, 1.807) is 50.2 Å². The van der Waals surface area contributed by atoms with Gasteiger partial charge in [-0.2, -0.15) is 0 Å². The Morgan fingerprint density at radius 3 is 2.33 bits per heavy atom. The topological polar surface area (TPSA) is 104 Å². The number of sulfone groups is 1. The number of hydrogen-bond donors (Lipinski definition) is 1. The molecule has 0 unspecified atom stereocenters. The molecule has 0 atom stereocenters. The lowest BCUT2D eigenvalue weighted by Crippen LogP contribution is -2.33. The zero-order chi connectivity index (χ0) is 26.0. The molecule has 0 aliphatic carbocycles. The summed E-state index contributed by atoms with van der Waals surface area (Å²) < 4.78 is 39.1. The lowest BCUT2D eigenvalue weighted by molar-refractivity contribution is -0.116. The fraction of sp³-hybridized carbons (Fsp3) is 0.333. The number of pyridine rings is 1. The summed E-state index contributed by atoms with van der Waals surface area (Å²) in [5.41, 5.74) is 1.61. The second-order valence-electron chi connectivity index (χ2n) is 9.34. The molecule has 1 amide bonds. The largest absolute Gasteiger partial charge is 0.486 e. The summed E-state index contributed by atoms with van der Waals surface area (Å²) in [6, 6.07) is 13.2. The first kappa shape index (κ1) is 25.5. The second kappa shape index (κ2) is 10.2. The van der Waals surface area contributed by atoms with Gasteiger partial charge in [0.15, 0.2) is 11.5 Å². The van der Waals surface area contributed by atoms with Crippen molar-refractivity contribution in [3.05, 3.63) is 75.7 Å². The molecule has 0 saturated heterocycles. The van der Waals surface area contributed by atoms with E-state index in [1.165, 1.54) is 16.7 Å². The Morgan fingerprint density at radius 2 is 1.67 bits per heavy atom. The number of ether oxygens (including phenoxy) is 2. The molecule has 190 valence electrons. The smallest absolute Gasteiger partial charge is 0.270 e. The van der Waals surface area contributed by atoms with Gasteiger partial charge in [-0.3, -0.25) is 9.59 Å². The molecule has 0 bridgehead atoms. The van der Waals surface area contributed by atoms with E-state index in [0.717, 1.165) is 12.0 Å². The molecule has 1 N–H and O–H groups in total. The molecule has 8 nitrogen and oxygen atoms in total. The highest BCUT2D eigenvalue weighted by molar-refractivity contribution is 7.91. The van der Waals surface area contributed by atoms with Crippen LogP contribution < -0.4 is 20.3 Å².